The summed E-state index contributed by atoms with van der Waals surface area (Å²) in [6.45, 7) is 3.40. The van der Waals surface area contributed by atoms with Crippen molar-refractivity contribution >= 4 is 21.6 Å². The van der Waals surface area contributed by atoms with Gasteiger partial charge in [-0.1, -0.05) is 6.07 Å². The van der Waals surface area contributed by atoms with Crippen LogP contribution in [0.5, 0.6) is 0 Å². The van der Waals surface area contributed by atoms with Crippen LogP contribution < -0.4 is 5.32 Å². The Morgan fingerprint density at radius 2 is 2.33 bits per heavy atom. The van der Waals surface area contributed by atoms with Crippen molar-refractivity contribution in [2.75, 3.05) is 5.32 Å². The smallest absolute Gasteiger partial charge is 0.152 e. The van der Waals surface area contributed by atoms with Gasteiger partial charge < -0.3 is 9.88 Å². The molecule has 1 heterocycles. The molecule has 2 aromatic rings. The second kappa shape index (κ2) is 5.65. The van der Waals surface area contributed by atoms with E-state index in [9.17, 15) is 0 Å². The highest BCUT2D eigenvalue weighted by molar-refractivity contribution is 9.10. The molecule has 1 aromatic carbocycles. The number of hydrogen-bond acceptors (Lipinski definition) is 4. The van der Waals surface area contributed by atoms with Crippen molar-refractivity contribution < 1.29 is 0 Å². The van der Waals surface area contributed by atoms with Gasteiger partial charge in [0, 0.05) is 11.0 Å². The van der Waals surface area contributed by atoms with Gasteiger partial charge in [-0.05, 0) is 35.0 Å². The van der Waals surface area contributed by atoms with E-state index in [0.717, 1.165) is 22.5 Å². The van der Waals surface area contributed by atoms with Crippen LogP contribution in [0.3, 0.4) is 0 Å². The summed E-state index contributed by atoms with van der Waals surface area (Å²) in [4.78, 5) is 0. The molecule has 92 valence electrons. The maximum Gasteiger partial charge on any atom is 0.152 e. The quantitative estimate of drug-likeness (QED) is 0.942. The Balaban J connectivity index is 2.16. The van der Waals surface area contributed by atoms with Crippen LogP contribution in [0.2, 0.25) is 0 Å². The van der Waals surface area contributed by atoms with Crippen LogP contribution in [0.25, 0.3) is 0 Å². The van der Waals surface area contributed by atoms with E-state index in [-0.39, 0.29) is 0 Å². The number of halogens is 1. The van der Waals surface area contributed by atoms with E-state index < -0.39 is 0 Å². The van der Waals surface area contributed by atoms with E-state index in [0.29, 0.717) is 12.1 Å². The summed E-state index contributed by atoms with van der Waals surface area (Å²) in [6, 6.07) is 7.77. The Bertz CT molecular complexity index is 584. The molecule has 0 amide bonds. The van der Waals surface area contributed by atoms with E-state index in [1.165, 1.54) is 0 Å². The first-order valence-electron chi connectivity index (χ1n) is 5.55. The minimum Gasteiger partial charge on any atom is -0.377 e. The largest absolute Gasteiger partial charge is 0.377 e. The first-order chi connectivity index (χ1) is 8.76. The topological polar surface area (TPSA) is 66.5 Å². The predicted octanol–water partition coefficient (Wildman–Crippen LogP) is 2.54. The normalized spacial score (nSPS) is 10.1. The van der Waals surface area contributed by atoms with Crippen LogP contribution in [0.1, 0.15) is 18.3 Å². The molecule has 1 N–H and O–H groups in total. The molecule has 0 aliphatic carbocycles. The molecule has 0 aliphatic rings. The monoisotopic (exact) mass is 305 g/mol. The fourth-order valence-corrected chi connectivity index (χ4v) is 2.09. The maximum absolute atomic E-state index is 9.10. The predicted molar refractivity (Wildman–Crippen MR) is 71.9 cm³/mol. The zero-order valence-corrected chi connectivity index (χ0v) is 11.5. The molecule has 0 atom stereocenters. The second-order valence-electron chi connectivity index (χ2n) is 3.66. The summed E-state index contributed by atoms with van der Waals surface area (Å²) in [5.41, 5.74) is 1.39. The summed E-state index contributed by atoms with van der Waals surface area (Å²) in [5.74, 6) is 0.848. The number of nitrogens with zero attached hydrogens (tertiary/aromatic N) is 4. The van der Waals surface area contributed by atoms with Gasteiger partial charge in [0.1, 0.15) is 12.4 Å². The molecule has 6 heteroatoms. The van der Waals surface area contributed by atoms with Gasteiger partial charge in [0.25, 0.3) is 0 Å². The third-order valence-electron chi connectivity index (χ3n) is 2.60. The van der Waals surface area contributed by atoms with Crippen molar-refractivity contribution in [2.24, 2.45) is 0 Å². The minimum atomic E-state index is 0.541. The van der Waals surface area contributed by atoms with Crippen molar-refractivity contribution in [3.8, 4) is 6.07 Å². The number of nitrogens with one attached hydrogen (secondary N) is 1. The molecule has 0 radical (unpaired) electrons. The van der Waals surface area contributed by atoms with Gasteiger partial charge in [-0.2, -0.15) is 5.26 Å². The lowest BCUT2D eigenvalue weighted by molar-refractivity contribution is 0.708. The molecule has 0 spiro atoms. The summed E-state index contributed by atoms with van der Waals surface area (Å²) in [5, 5.41) is 20.2. The van der Waals surface area contributed by atoms with Gasteiger partial charge in [-0.25, -0.2) is 0 Å². The van der Waals surface area contributed by atoms with Crippen molar-refractivity contribution in [3.05, 3.63) is 40.4 Å². The lowest BCUT2D eigenvalue weighted by Gasteiger charge is -2.09. The van der Waals surface area contributed by atoms with Gasteiger partial charge in [0.2, 0.25) is 0 Å². The van der Waals surface area contributed by atoms with E-state index in [1.807, 2.05) is 29.7 Å². The van der Waals surface area contributed by atoms with E-state index in [1.54, 1.807) is 6.33 Å². The van der Waals surface area contributed by atoms with Crippen LogP contribution in [0.15, 0.2) is 29.0 Å². The van der Waals surface area contributed by atoms with E-state index >= 15 is 0 Å². The minimum absolute atomic E-state index is 0.541. The number of anilines is 1. The molecule has 5 nitrogen and oxygen atoms in total. The van der Waals surface area contributed by atoms with Crippen LogP contribution in [0.4, 0.5) is 5.69 Å². The van der Waals surface area contributed by atoms with Gasteiger partial charge in [-0.3, -0.25) is 0 Å². The highest BCUT2D eigenvalue weighted by Gasteiger charge is 2.07. The highest BCUT2D eigenvalue weighted by atomic mass is 79.9. The Morgan fingerprint density at radius 3 is 3.06 bits per heavy atom. The lowest BCUT2D eigenvalue weighted by atomic mass is 10.2. The van der Waals surface area contributed by atoms with Crippen LogP contribution in [0, 0.1) is 11.3 Å². The molecule has 0 fully saturated rings. The number of benzene rings is 1. The first-order valence-corrected chi connectivity index (χ1v) is 6.34. The van der Waals surface area contributed by atoms with Gasteiger partial charge in [0.15, 0.2) is 5.82 Å². The van der Waals surface area contributed by atoms with Crippen molar-refractivity contribution in [1.82, 2.24) is 14.8 Å². The summed E-state index contributed by atoms with van der Waals surface area (Å²) in [6.07, 6.45) is 1.70. The second-order valence-corrected chi connectivity index (χ2v) is 4.52. The fraction of sp³-hybridized carbons (Fsp3) is 0.250. The molecule has 18 heavy (non-hydrogen) atoms. The van der Waals surface area contributed by atoms with Crippen LogP contribution in [-0.2, 0) is 13.1 Å². The number of nitriles is 1. The average molecular weight is 306 g/mol. The molecule has 1 aromatic heterocycles. The zero-order valence-electron chi connectivity index (χ0n) is 9.89. The molecule has 0 saturated carbocycles. The van der Waals surface area contributed by atoms with Gasteiger partial charge in [-0.15, -0.1) is 10.2 Å². The summed E-state index contributed by atoms with van der Waals surface area (Å²) >= 11 is 3.36. The van der Waals surface area contributed by atoms with E-state index in [4.69, 9.17) is 5.26 Å². The average Bonchev–Trinajstić information content (AvgIpc) is 2.83. The Kier molecular flexibility index (Phi) is 3.95. The van der Waals surface area contributed by atoms with Crippen LogP contribution >= 0.6 is 15.9 Å². The third-order valence-corrected chi connectivity index (χ3v) is 3.26. The SMILES string of the molecule is CCn1cnnc1CNc1cccc(Br)c1C#N. The molecule has 0 bridgehead atoms. The molecule has 2 rings (SSSR count). The Hall–Kier alpha value is -1.87. The molecular weight excluding hydrogens is 294 g/mol. The summed E-state index contributed by atoms with van der Waals surface area (Å²) < 4.78 is 2.74. The standard InChI is InChI=1S/C12H12BrN5/c1-2-18-8-16-17-12(18)7-15-11-5-3-4-10(13)9(11)6-14/h3-5,8,15H,2,7H2,1H3. The molecule has 0 saturated heterocycles. The van der Waals surface area contributed by atoms with Gasteiger partial charge in [0.05, 0.1) is 17.8 Å². The number of aromatic nitrogens is 3. The number of hydrogen-bond donors (Lipinski definition) is 1. The molecule has 0 aliphatic heterocycles. The highest BCUT2D eigenvalue weighted by Crippen LogP contribution is 2.23. The maximum atomic E-state index is 9.10. The Morgan fingerprint density at radius 1 is 1.50 bits per heavy atom. The van der Waals surface area contributed by atoms with Gasteiger partial charge >= 0.3 is 0 Å². The van der Waals surface area contributed by atoms with Crippen molar-refractivity contribution in [1.29, 1.82) is 5.26 Å². The fourth-order valence-electron chi connectivity index (χ4n) is 1.64. The number of aryl methyl sites for hydroxylation is 1. The van der Waals surface area contributed by atoms with Crippen LogP contribution in [-0.4, -0.2) is 14.8 Å². The summed E-state index contributed by atoms with van der Waals surface area (Å²) in [7, 11) is 0. The molecule has 0 unspecified atom stereocenters. The number of rotatable bonds is 4. The van der Waals surface area contributed by atoms with E-state index in [2.05, 4.69) is 37.5 Å². The lowest BCUT2D eigenvalue weighted by Crippen LogP contribution is -2.08. The molecular formula is C12H12BrN5. The third kappa shape index (κ3) is 2.51. The zero-order chi connectivity index (χ0) is 13.0. The van der Waals surface area contributed by atoms with Crippen molar-refractivity contribution in [2.45, 2.75) is 20.0 Å². The first kappa shape index (κ1) is 12.6. The Labute approximate surface area is 114 Å². The van der Waals surface area contributed by atoms with Crippen molar-refractivity contribution in [3.63, 3.8) is 0 Å².